The number of aromatic nitrogens is 1. The fourth-order valence-corrected chi connectivity index (χ4v) is 3.72. The molecule has 3 aromatic carbocycles. The second-order valence-corrected chi connectivity index (χ2v) is 7.67. The molecule has 4 rings (SSSR count). The average molecular weight is 430 g/mol. The number of carbonyl (C=O) groups excluding carboxylic acids is 2. The SMILES string of the molecule is COC(=O)[C@@H](Cc1c[nH]c2ccccc12)NC(=O)c1ccc(-c2ccc(C)cc2)cc1F. The number of esters is 1. The Morgan fingerprint density at radius 1 is 1.03 bits per heavy atom. The van der Waals surface area contributed by atoms with Gasteiger partial charge >= 0.3 is 5.97 Å². The second-order valence-electron chi connectivity index (χ2n) is 7.67. The van der Waals surface area contributed by atoms with Crippen molar-refractivity contribution in [1.29, 1.82) is 0 Å². The molecule has 1 amide bonds. The van der Waals surface area contributed by atoms with Crippen molar-refractivity contribution < 1.29 is 18.7 Å². The Morgan fingerprint density at radius 3 is 2.47 bits per heavy atom. The third kappa shape index (κ3) is 4.39. The Kier molecular flexibility index (Phi) is 6.03. The number of hydrogen-bond donors (Lipinski definition) is 2. The summed E-state index contributed by atoms with van der Waals surface area (Å²) in [6.45, 7) is 1.98. The van der Waals surface area contributed by atoms with E-state index < -0.39 is 23.7 Å². The van der Waals surface area contributed by atoms with Crippen molar-refractivity contribution in [2.45, 2.75) is 19.4 Å². The van der Waals surface area contributed by atoms with E-state index in [1.807, 2.05) is 55.5 Å². The molecular formula is C26H23FN2O3. The number of halogens is 1. The summed E-state index contributed by atoms with van der Waals surface area (Å²) in [5, 5.41) is 3.58. The van der Waals surface area contributed by atoms with Crippen molar-refractivity contribution >= 4 is 22.8 Å². The number of aryl methyl sites for hydroxylation is 1. The minimum atomic E-state index is -0.956. The van der Waals surface area contributed by atoms with Gasteiger partial charge in [0.05, 0.1) is 12.7 Å². The number of hydrogen-bond acceptors (Lipinski definition) is 3. The van der Waals surface area contributed by atoms with Gasteiger partial charge in [0, 0.05) is 23.5 Å². The number of methoxy groups -OCH3 is 1. The third-order valence-corrected chi connectivity index (χ3v) is 5.49. The molecule has 2 N–H and O–H groups in total. The minimum absolute atomic E-state index is 0.131. The van der Waals surface area contributed by atoms with Gasteiger partial charge in [0.2, 0.25) is 0 Å². The Bertz CT molecular complexity index is 1280. The number of fused-ring (bicyclic) bond motifs is 1. The number of H-pyrrole nitrogens is 1. The van der Waals surface area contributed by atoms with Crippen LogP contribution >= 0.6 is 0 Å². The standard InChI is InChI=1S/C26H23FN2O3/c1-16-7-9-17(10-8-16)18-11-12-21(22(27)13-18)25(30)29-24(26(31)32-2)14-19-15-28-23-6-4-3-5-20(19)23/h3-13,15,24,28H,14H2,1-2H3,(H,29,30)/t24-/m1/s1. The van der Waals surface area contributed by atoms with Crippen molar-refractivity contribution in [3.8, 4) is 11.1 Å². The number of aromatic amines is 1. The summed E-state index contributed by atoms with van der Waals surface area (Å²) in [6.07, 6.45) is 2.01. The molecule has 0 radical (unpaired) electrons. The van der Waals surface area contributed by atoms with Crippen LogP contribution in [-0.4, -0.2) is 30.0 Å². The first-order chi connectivity index (χ1) is 15.5. The topological polar surface area (TPSA) is 71.2 Å². The predicted octanol–water partition coefficient (Wildman–Crippen LogP) is 4.80. The van der Waals surface area contributed by atoms with Crippen molar-refractivity contribution in [1.82, 2.24) is 10.3 Å². The molecule has 0 spiro atoms. The molecule has 1 atom stereocenters. The number of ether oxygens (including phenoxy) is 1. The molecular weight excluding hydrogens is 407 g/mol. The first-order valence-corrected chi connectivity index (χ1v) is 10.3. The largest absolute Gasteiger partial charge is 0.467 e. The second kappa shape index (κ2) is 9.06. The highest BCUT2D eigenvalue weighted by Gasteiger charge is 2.25. The zero-order chi connectivity index (χ0) is 22.7. The first kappa shape index (κ1) is 21.3. The molecule has 0 aliphatic carbocycles. The van der Waals surface area contributed by atoms with Crippen LogP contribution in [0.3, 0.4) is 0 Å². The number of para-hydroxylation sites is 1. The summed E-state index contributed by atoms with van der Waals surface area (Å²) in [7, 11) is 1.26. The lowest BCUT2D eigenvalue weighted by Gasteiger charge is -2.17. The Labute approximate surface area is 185 Å². The molecule has 0 saturated carbocycles. The first-order valence-electron chi connectivity index (χ1n) is 10.3. The Morgan fingerprint density at radius 2 is 1.75 bits per heavy atom. The van der Waals surface area contributed by atoms with Crippen LogP contribution < -0.4 is 5.32 Å². The number of rotatable bonds is 6. The smallest absolute Gasteiger partial charge is 0.328 e. The fraction of sp³-hybridized carbons (Fsp3) is 0.154. The maximum atomic E-state index is 14.8. The minimum Gasteiger partial charge on any atom is -0.467 e. The molecule has 0 bridgehead atoms. The van der Waals surface area contributed by atoms with Crippen molar-refractivity contribution in [2.75, 3.05) is 7.11 Å². The van der Waals surface area contributed by atoms with E-state index in [2.05, 4.69) is 10.3 Å². The molecule has 6 heteroatoms. The molecule has 0 unspecified atom stereocenters. The van der Waals surface area contributed by atoms with Gasteiger partial charge in [0.25, 0.3) is 5.91 Å². The van der Waals surface area contributed by atoms with E-state index in [-0.39, 0.29) is 12.0 Å². The van der Waals surface area contributed by atoms with Crippen molar-refractivity contribution in [2.24, 2.45) is 0 Å². The molecule has 0 aliphatic rings. The molecule has 4 aromatic rings. The summed E-state index contributed by atoms with van der Waals surface area (Å²) in [6, 6.07) is 18.8. The van der Waals surface area contributed by atoms with Crippen LogP contribution in [0, 0.1) is 12.7 Å². The quantitative estimate of drug-likeness (QED) is 0.432. The van der Waals surface area contributed by atoms with Gasteiger partial charge in [-0.05, 0) is 41.8 Å². The number of amides is 1. The van der Waals surface area contributed by atoms with Crippen LogP contribution in [0.5, 0.6) is 0 Å². The van der Waals surface area contributed by atoms with Crippen LogP contribution in [0.1, 0.15) is 21.5 Å². The van der Waals surface area contributed by atoms with E-state index in [1.54, 1.807) is 12.3 Å². The number of nitrogens with one attached hydrogen (secondary N) is 2. The Balaban J connectivity index is 1.55. The summed E-state index contributed by atoms with van der Waals surface area (Å²) in [4.78, 5) is 28.3. The molecule has 32 heavy (non-hydrogen) atoms. The maximum Gasteiger partial charge on any atom is 0.328 e. The van der Waals surface area contributed by atoms with Crippen molar-refractivity contribution in [3.05, 3.63) is 95.4 Å². The number of carbonyl (C=O) groups is 2. The average Bonchev–Trinajstić information content (AvgIpc) is 3.21. The zero-order valence-corrected chi connectivity index (χ0v) is 17.8. The van der Waals surface area contributed by atoms with Crippen molar-refractivity contribution in [3.63, 3.8) is 0 Å². The lowest BCUT2D eigenvalue weighted by molar-refractivity contribution is -0.142. The van der Waals surface area contributed by atoms with Gasteiger partial charge in [-0.1, -0.05) is 54.1 Å². The monoisotopic (exact) mass is 430 g/mol. The van der Waals surface area contributed by atoms with Gasteiger partial charge in [0.1, 0.15) is 11.9 Å². The highest BCUT2D eigenvalue weighted by Crippen LogP contribution is 2.23. The fourth-order valence-electron chi connectivity index (χ4n) is 3.72. The lowest BCUT2D eigenvalue weighted by Crippen LogP contribution is -2.43. The molecule has 1 heterocycles. The van der Waals surface area contributed by atoms with Gasteiger partial charge in [-0.3, -0.25) is 4.79 Å². The molecule has 162 valence electrons. The van der Waals surface area contributed by atoms with Crippen LogP contribution in [-0.2, 0) is 16.0 Å². The number of benzene rings is 3. The van der Waals surface area contributed by atoms with E-state index in [0.29, 0.717) is 5.56 Å². The van der Waals surface area contributed by atoms with E-state index in [4.69, 9.17) is 4.74 Å². The summed E-state index contributed by atoms with van der Waals surface area (Å²) in [5.41, 5.74) is 4.28. The summed E-state index contributed by atoms with van der Waals surface area (Å²) >= 11 is 0. The van der Waals surface area contributed by atoms with E-state index in [1.165, 1.54) is 19.2 Å². The highest BCUT2D eigenvalue weighted by molar-refractivity contribution is 5.97. The van der Waals surface area contributed by atoms with Gasteiger partial charge < -0.3 is 15.0 Å². The molecule has 1 aromatic heterocycles. The zero-order valence-electron chi connectivity index (χ0n) is 17.8. The van der Waals surface area contributed by atoms with Crippen LogP contribution in [0.15, 0.2) is 72.9 Å². The third-order valence-electron chi connectivity index (χ3n) is 5.49. The lowest BCUT2D eigenvalue weighted by atomic mass is 10.0. The highest BCUT2D eigenvalue weighted by atomic mass is 19.1. The molecule has 0 aliphatic heterocycles. The summed E-state index contributed by atoms with van der Waals surface area (Å²) < 4.78 is 19.7. The molecule has 0 saturated heterocycles. The van der Waals surface area contributed by atoms with Gasteiger partial charge in [-0.2, -0.15) is 0 Å². The van der Waals surface area contributed by atoms with Crippen LogP contribution in [0.25, 0.3) is 22.0 Å². The van der Waals surface area contributed by atoms with Crippen LogP contribution in [0.2, 0.25) is 0 Å². The molecule has 0 fully saturated rings. The maximum absolute atomic E-state index is 14.8. The van der Waals surface area contributed by atoms with Gasteiger partial charge in [0.15, 0.2) is 0 Å². The molecule has 5 nitrogen and oxygen atoms in total. The summed E-state index contributed by atoms with van der Waals surface area (Å²) in [5.74, 6) is -1.93. The van der Waals surface area contributed by atoms with E-state index >= 15 is 0 Å². The van der Waals surface area contributed by atoms with Gasteiger partial charge in [-0.25, -0.2) is 9.18 Å². The normalized spacial score (nSPS) is 11.8. The van der Waals surface area contributed by atoms with Gasteiger partial charge in [-0.15, -0.1) is 0 Å². The van der Waals surface area contributed by atoms with E-state index in [9.17, 15) is 14.0 Å². The Hall–Kier alpha value is -3.93. The predicted molar refractivity (Wildman–Crippen MR) is 122 cm³/mol. The van der Waals surface area contributed by atoms with Crippen LogP contribution in [0.4, 0.5) is 4.39 Å². The van der Waals surface area contributed by atoms with E-state index in [0.717, 1.165) is 27.6 Å².